The predicted molar refractivity (Wildman–Crippen MR) is 117 cm³/mol. The molecule has 3 aromatic carbocycles. The van der Waals surface area contributed by atoms with Gasteiger partial charge in [0.05, 0.1) is 18.2 Å². The SMILES string of the molecule is CCOc1ccccc1C(=O)N1CC(=O)Nc2ccc(C)cc2[C@H]1c1ccc(F)cc1. The van der Waals surface area contributed by atoms with E-state index in [0.29, 0.717) is 29.2 Å². The molecule has 1 aliphatic heterocycles. The monoisotopic (exact) mass is 418 g/mol. The number of ether oxygens (including phenoxy) is 1. The van der Waals surface area contributed by atoms with Gasteiger partial charge in [-0.2, -0.15) is 0 Å². The van der Waals surface area contributed by atoms with E-state index in [0.717, 1.165) is 11.1 Å². The van der Waals surface area contributed by atoms with Gasteiger partial charge in [0.2, 0.25) is 5.91 Å². The molecular weight excluding hydrogens is 395 g/mol. The number of aryl methyl sites for hydroxylation is 1. The lowest BCUT2D eigenvalue weighted by Crippen LogP contribution is -2.39. The number of para-hydroxylation sites is 1. The third-order valence-corrected chi connectivity index (χ3v) is 5.27. The maximum Gasteiger partial charge on any atom is 0.258 e. The molecule has 3 aromatic rings. The first kappa shape index (κ1) is 20.6. The fourth-order valence-electron chi connectivity index (χ4n) is 3.90. The van der Waals surface area contributed by atoms with Gasteiger partial charge < -0.3 is 15.0 Å². The first-order chi connectivity index (χ1) is 15.0. The van der Waals surface area contributed by atoms with E-state index < -0.39 is 6.04 Å². The zero-order valence-corrected chi connectivity index (χ0v) is 17.4. The van der Waals surface area contributed by atoms with Crippen LogP contribution in [0.5, 0.6) is 5.75 Å². The summed E-state index contributed by atoms with van der Waals surface area (Å²) in [5.41, 5.74) is 3.49. The fraction of sp³-hybridized carbons (Fsp3) is 0.200. The van der Waals surface area contributed by atoms with E-state index in [1.165, 1.54) is 17.0 Å². The van der Waals surface area contributed by atoms with Gasteiger partial charge in [0.15, 0.2) is 0 Å². The van der Waals surface area contributed by atoms with Crippen LogP contribution in [0.4, 0.5) is 10.1 Å². The molecule has 1 N–H and O–H groups in total. The first-order valence-corrected chi connectivity index (χ1v) is 10.2. The number of amides is 2. The second kappa shape index (κ2) is 8.60. The molecule has 6 heteroatoms. The molecule has 2 amide bonds. The number of anilines is 1. The topological polar surface area (TPSA) is 58.6 Å². The Bertz CT molecular complexity index is 1130. The van der Waals surface area contributed by atoms with Crippen LogP contribution in [0.15, 0.2) is 66.7 Å². The lowest BCUT2D eigenvalue weighted by molar-refractivity contribution is -0.117. The Morgan fingerprint density at radius 3 is 2.61 bits per heavy atom. The Balaban J connectivity index is 1.89. The molecule has 4 rings (SSSR count). The molecule has 1 heterocycles. The van der Waals surface area contributed by atoms with Gasteiger partial charge in [-0.3, -0.25) is 9.59 Å². The molecule has 5 nitrogen and oxygen atoms in total. The second-order valence-electron chi connectivity index (χ2n) is 7.46. The highest BCUT2D eigenvalue weighted by molar-refractivity contribution is 6.02. The van der Waals surface area contributed by atoms with Gasteiger partial charge >= 0.3 is 0 Å². The van der Waals surface area contributed by atoms with E-state index in [2.05, 4.69) is 5.32 Å². The van der Waals surface area contributed by atoms with Gasteiger partial charge in [0.1, 0.15) is 18.1 Å². The van der Waals surface area contributed by atoms with E-state index >= 15 is 0 Å². The summed E-state index contributed by atoms with van der Waals surface area (Å²) in [6.45, 7) is 4.06. The second-order valence-corrected chi connectivity index (χ2v) is 7.46. The summed E-state index contributed by atoms with van der Waals surface area (Å²) in [6.07, 6.45) is 0. The maximum absolute atomic E-state index is 13.7. The smallest absolute Gasteiger partial charge is 0.258 e. The summed E-state index contributed by atoms with van der Waals surface area (Å²) < 4.78 is 19.3. The highest BCUT2D eigenvalue weighted by Crippen LogP contribution is 2.38. The highest BCUT2D eigenvalue weighted by Gasteiger charge is 2.35. The number of hydrogen-bond acceptors (Lipinski definition) is 3. The molecule has 1 atom stereocenters. The minimum absolute atomic E-state index is 0.144. The molecule has 1 aliphatic rings. The van der Waals surface area contributed by atoms with E-state index in [1.54, 1.807) is 36.4 Å². The van der Waals surface area contributed by atoms with Crippen LogP contribution < -0.4 is 10.1 Å². The molecule has 0 fully saturated rings. The van der Waals surface area contributed by atoms with Crippen molar-refractivity contribution in [3.8, 4) is 5.75 Å². The van der Waals surface area contributed by atoms with Crippen LogP contribution in [0.25, 0.3) is 0 Å². The van der Waals surface area contributed by atoms with Crippen molar-refractivity contribution >= 4 is 17.5 Å². The summed E-state index contributed by atoms with van der Waals surface area (Å²) in [7, 11) is 0. The molecular formula is C25H23FN2O3. The molecule has 158 valence electrons. The lowest BCUT2D eigenvalue weighted by atomic mass is 9.94. The van der Waals surface area contributed by atoms with Crippen LogP contribution in [0.1, 0.15) is 40.0 Å². The normalized spacial score (nSPS) is 15.6. The molecule has 0 saturated carbocycles. The van der Waals surface area contributed by atoms with Crippen molar-refractivity contribution in [2.75, 3.05) is 18.5 Å². The molecule has 0 bridgehead atoms. The van der Waals surface area contributed by atoms with Gasteiger partial charge in [-0.25, -0.2) is 4.39 Å². The van der Waals surface area contributed by atoms with E-state index in [1.807, 2.05) is 32.0 Å². The van der Waals surface area contributed by atoms with Crippen molar-refractivity contribution in [2.24, 2.45) is 0 Å². The number of carbonyl (C=O) groups is 2. The molecule has 0 radical (unpaired) electrons. The standard InChI is InChI=1S/C25H23FN2O3/c1-3-31-22-7-5-4-6-19(22)25(30)28-15-23(29)27-21-13-8-16(2)14-20(21)24(28)17-9-11-18(26)12-10-17/h4-14,24H,3,15H2,1-2H3,(H,27,29)/t24-/m1/s1. The van der Waals surface area contributed by atoms with Crippen LogP contribution in [-0.4, -0.2) is 29.9 Å². The molecule has 0 aliphatic carbocycles. The number of nitrogens with zero attached hydrogens (tertiary/aromatic N) is 1. The van der Waals surface area contributed by atoms with Crippen LogP contribution in [0.2, 0.25) is 0 Å². The molecule has 0 unspecified atom stereocenters. The van der Waals surface area contributed by atoms with Crippen molar-refractivity contribution in [1.29, 1.82) is 0 Å². The van der Waals surface area contributed by atoms with Crippen molar-refractivity contribution in [2.45, 2.75) is 19.9 Å². The number of rotatable bonds is 4. The number of halogens is 1. The van der Waals surface area contributed by atoms with Crippen LogP contribution in [0, 0.1) is 12.7 Å². The van der Waals surface area contributed by atoms with Crippen LogP contribution >= 0.6 is 0 Å². The number of carbonyl (C=O) groups excluding carboxylic acids is 2. The van der Waals surface area contributed by atoms with Crippen LogP contribution in [0.3, 0.4) is 0 Å². The number of fused-ring (bicyclic) bond motifs is 1. The Morgan fingerprint density at radius 2 is 1.87 bits per heavy atom. The Labute approximate surface area is 180 Å². The minimum Gasteiger partial charge on any atom is -0.493 e. The highest BCUT2D eigenvalue weighted by atomic mass is 19.1. The van der Waals surface area contributed by atoms with Crippen LogP contribution in [-0.2, 0) is 4.79 Å². The Kier molecular flexibility index (Phi) is 5.71. The Hall–Kier alpha value is -3.67. The summed E-state index contributed by atoms with van der Waals surface area (Å²) in [4.78, 5) is 28.0. The minimum atomic E-state index is -0.573. The van der Waals surface area contributed by atoms with Crippen molar-refractivity contribution in [3.63, 3.8) is 0 Å². The number of benzene rings is 3. The maximum atomic E-state index is 13.7. The van der Waals surface area contributed by atoms with Gasteiger partial charge in [-0.1, -0.05) is 42.0 Å². The summed E-state index contributed by atoms with van der Waals surface area (Å²) >= 11 is 0. The Morgan fingerprint density at radius 1 is 1.13 bits per heavy atom. The van der Waals surface area contributed by atoms with Crippen molar-refractivity contribution < 1.29 is 18.7 Å². The molecule has 0 saturated heterocycles. The third kappa shape index (κ3) is 4.14. The quantitative estimate of drug-likeness (QED) is 0.667. The average Bonchev–Trinajstić information content (AvgIpc) is 2.90. The summed E-state index contributed by atoms with van der Waals surface area (Å²) in [5.74, 6) is -0.530. The van der Waals surface area contributed by atoms with Gasteiger partial charge in [-0.15, -0.1) is 0 Å². The predicted octanol–water partition coefficient (Wildman–Crippen LogP) is 4.72. The summed E-state index contributed by atoms with van der Waals surface area (Å²) in [6, 6.07) is 18.1. The zero-order valence-electron chi connectivity index (χ0n) is 17.4. The molecule has 31 heavy (non-hydrogen) atoms. The van der Waals surface area contributed by atoms with E-state index in [9.17, 15) is 14.0 Å². The molecule has 0 aromatic heterocycles. The van der Waals surface area contributed by atoms with Gasteiger partial charge in [0.25, 0.3) is 5.91 Å². The summed E-state index contributed by atoms with van der Waals surface area (Å²) in [5, 5.41) is 2.90. The number of hydrogen-bond donors (Lipinski definition) is 1. The zero-order chi connectivity index (χ0) is 22.0. The van der Waals surface area contributed by atoms with Crippen molar-refractivity contribution in [3.05, 3.63) is 94.8 Å². The largest absolute Gasteiger partial charge is 0.493 e. The third-order valence-electron chi connectivity index (χ3n) is 5.27. The van der Waals surface area contributed by atoms with E-state index in [4.69, 9.17) is 4.74 Å². The fourth-order valence-corrected chi connectivity index (χ4v) is 3.90. The number of nitrogens with one attached hydrogen (secondary N) is 1. The van der Waals surface area contributed by atoms with Gasteiger partial charge in [0, 0.05) is 11.3 Å². The first-order valence-electron chi connectivity index (χ1n) is 10.2. The molecule has 0 spiro atoms. The van der Waals surface area contributed by atoms with E-state index in [-0.39, 0.29) is 24.2 Å². The lowest BCUT2D eigenvalue weighted by Gasteiger charge is -2.31. The van der Waals surface area contributed by atoms with Crippen molar-refractivity contribution in [1.82, 2.24) is 4.90 Å². The average molecular weight is 418 g/mol. The van der Waals surface area contributed by atoms with Gasteiger partial charge in [-0.05, 0) is 49.7 Å².